The molecule has 0 spiro atoms. The molecule has 1 heterocycles. The molecule has 5 nitrogen and oxygen atoms in total. The quantitative estimate of drug-likeness (QED) is 0.882. The van der Waals surface area contributed by atoms with Gasteiger partial charge in [-0.1, -0.05) is 17.7 Å². The maximum Gasteiger partial charge on any atom is 0.282 e. The molecule has 0 radical (unpaired) electrons. The van der Waals surface area contributed by atoms with Gasteiger partial charge in [0.25, 0.3) is 10.2 Å². The molecule has 1 aromatic rings. The van der Waals surface area contributed by atoms with Crippen molar-refractivity contribution in [2.45, 2.75) is 25.4 Å². The average molecular weight is 350 g/mol. The van der Waals surface area contributed by atoms with Crippen LogP contribution in [0.3, 0.4) is 0 Å². The van der Waals surface area contributed by atoms with Gasteiger partial charge in [0, 0.05) is 37.3 Å². The molecule has 0 bridgehead atoms. The van der Waals surface area contributed by atoms with Crippen molar-refractivity contribution in [2.24, 2.45) is 0 Å². The van der Waals surface area contributed by atoms with E-state index < -0.39 is 16.0 Å². The van der Waals surface area contributed by atoms with E-state index in [1.54, 1.807) is 13.1 Å². The zero-order valence-corrected chi connectivity index (χ0v) is 14.3. The fraction of sp³-hybridized carbons (Fsp3) is 0.571. The largest absolute Gasteiger partial charge is 0.317 e. The Kier molecular flexibility index (Phi) is 5.79. The molecule has 1 fully saturated rings. The van der Waals surface area contributed by atoms with E-state index in [1.165, 1.54) is 23.5 Å². The maximum atomic E-state index is 13.8. The number of rotatable bonds is 5. The van der Waals surface area contributed by atoms with Gasteiger partial charge < -0.3 is 5.32 Å². The topological polar surface area (TPSA) is 52.7 Å². The molecule has 8 heteroatoms. The maximum absolute atomic E-state index is 13.8. The summed E-state index contributed by atoms with van der Waals surface area (Å²) in [5, 5.41) is 3.43. The molecule has 1 aliphatic rings. The van der Waals surface area contributed by atoms with Gasteiger partial charge >= 0.3 is 0 Å². The fourth-order valence-corrected chi connectivity index (χ4v) is 4.11. The van der Waals surface area contributed by atoms with Crippen molar-refractivity contribution in [3.8, 4) is 0 Å². The second kappa shape index (κ2) is 7.23. The zero-order valence-electron chi connectivity index (χ0n) is 12.7. The van der Waals surface area contributed by atoms with Gasteiger partial charge in [-0.05, 0) is 38.1 Å². The van der Waals surface area contributed by atoms with E-state index in [0.29, 0.717) is 0 Å². The molecular formula is C14H21ClFN3O2S. The molecule has 1 aromatic carbocycles. The predicted molar refractivity (Wildman–Crippen MR) is 85.5 cm³/mol. The third-order valence-electron chi connectivity index (χ3n) is 4.02. The molecular weight excluding hydrogens is 329 g/mol. The molecule has 0 atom stereocenters. The molecule has 1 N–H and O–H groups in total. The molecule has 22 heavy (non-hydrogen) atoms. The Hall–Kier alpha value is -0.730. The Bertz CT molecular complexity index is 600. The Morgan fingerprint density at radius 1 is 1.32 bits per heavy atom. The van der Waals surface area contributed by atoms with E-state index >= 15 is 0 Å². The summed E-state index contributed by atoms with van der Waals surface area (Å²) in [6.45, 7) is 1.50. The van der Waals surface area contributed by atoms with Crippen LogP contribution in [0.5, 0.6) is 0 Å². The van der Waals surface area contributed by atoms with Crippen molar-refractivity contribution in [2.75, 3.05) is 27.2 Å². The van der Waals surface area contributed by atoms with Gasteiger partial charge in [0.2, 0.25) is 0 Å². The van der Waals surface area contributed by atoms with Gasteiger partial charge in [-0.15, -0.1) is 0 Å². The van der Waals surface area contributed by atoms with Gasteiger partial charge in [-0.3, -0.25) is 0 Å². The number of halogens is 2. The number of benzene rings is 1. The summed E-state index contributed by atoms with van der Waals surface area (Å²) in [5.41, 5.74) is 0.189. The highest BCUT2D eigenvalue weighted by Gasteiger charge is 2.31. The first-order valence-corrected chi connectivity index (χ1v) is 8.94. The highest BCUT2D eigenvalue weighted by Crippen LogP contribution is 2.23. The van der Waals surface area contributed by atoms with Crippen LogP contribution in [-0.4, -0.2) is 50.3 Å². The van der Waals surface area contributed by atoms with Crippen LogP contribution in [0.15, 0.2) is 18.2 Å². The summed E-state index contributed by atoms with van der Waals surface area (Å²) in [7, 11) is -0.642. The van der Waals surface area contributed by atoms with E-state index in [0.717, 1.165) is 30.2 Å². The van der Waals surface area contributed by atoms with E-state index in [1.807, 2.05) is 0 Å². The lowest BCUT2D eigenvalue weighted by Crippen LogP contribution is -2.48. The van der Waals surface area contributed by atoms with Crippen LogP contribution in [0.4, 0.5) is 4.39 Å². The minimum atomic E-state index is -3.66. The van der Waals surface area contributed by atoms with Gasteiger partial charge in [0.05, 0.1) is 0 Å². The molecule has 1 saturated heterocycles. The van der Waals surface area contributed by atoms with Gasteiger partial charge in [-0.2, -0.15) is 17.0 Å². The summed E-state index contributed by atoms with van der Waals surface area (Å²) < 4.78 is 41.6. The van der Waals surface area contributed by atoms with E-state index in [4.69, 9.17) is 11.6 Å². The molecule has 0 saturated carbocycles. The highest BCUT2D eigenvalue weighted by molar-refractivity contribution is 7.86. The summed E-state index contributed by atoms with van der Waals surface area (Å²) in [6, 6.07) is 4.29. The number of hydrogen-bond donors (Lipinski definition) is 1. The van der Waals surface area contributed by atoms with Gasteiger partial charge in [0.15, 0.2) is 0 Å². The van der Waals surface area contributed by atoms with Crippen molar-refractivity contribution in [1.29, 1.82) is 0 Å². The van der Waals surface area contributed by atoms with Crippen molar-refractivity contribution in [1.82, 2.24) is 13.9 Å². The first-order valence-electron chi connectivity index (χ1n) is 7.17. The lowest BCUT2D eigenvalue weighted by molar-refractivity contribution is 0.276. The Morgan fingerprint density at radius 2 is 1.95 bits per heavy atom. The number of hydrogen-bond acceptors (Lipinski definition) is 3. The van der Waals surface area contributed by atoms with E-state index in [9.17, 15) is 12.8 Å². The highest BCUT2D eigenvalue weighted by atomic mass is 35.5. The molecule has 0 aliphatic carbocycles. The van der Waals surface area contributed by atoms with Crippen LogP contribution in [-0.2, 0) is 16.8 Å². The SMILES string of the molecule is CN(Cc1c(F)cccc1Cl)S(=O)(=O)N(C)C1CCNCC1. The van der Waals surface area contributed by atoms with Crippen LogP contribution in [0.2, 0.25) is 5.02 Å². The lowest BCUT2D eigenvalue weighted by Gasteiger charge is -2.33. The van der Waals surface area contributed by atoms with Crippen LogP contribution >= 0.6 is 11.6 Å². The van der Waals surface area contributed by atoms with Crippen LogP contribution in [0, 0.1) is 5.82 Å². The molecule has 124 valence electrons. The predicted octanol–water partition coefficient (Wildman–Crippen LogP) is 1.84. The van der Waals surface area contributed by atoms with Crippen LogP contribution in [0.1, 0.15) is 18.4 Å². The van der Waals surface area contributed by atoms with Crippen molar-refractivity contribution >= 4 is 21.8 Å². The van der Waals surface area contributed by atoms with Gasteiger partial charge in [-0.25, -0.2) is 4.39 Å². The van der Waals surface area contributed by atoms with E-state index in [2.05, 4.69) is 5.32 Å². The molecule has 2 rings (SSSR count). The van der Waals surface area contributed by atoms with Crippen molar-refractivity contribution < 1.29 is 12.8 Å². The molecule has 0 unspecified atom stereocenters. The molecule has 0 aromatic heterocycles. The Balaban J connectivity index is 2.14. The number of piperidine rings is 1. The first-order chi connectivity index (χ1) is 10.3. The molecule has 1 aliphatic heterocycles. The second-order valence-electron chi connectivity index (χ2n) is 5.46. The van der Waals surface area contributed by atoms with Crippen LogP contribution < -0.4 is 5.32 Å². The second-order valence-corrected chi connectivity index (χ2v) is 7.96. The monoisotopic (exact) mass is 349 g/mol. The lowest BCUT2D eigenvalue weighted by atomic mass is 10.1. The van der Waals surface area contributed by atoms with Crippen molar-refractivity contribution in [3.63, 3.8) is 0 Å². The van der Waals surface area contributed by atoms with Crippen molar-refractivity contribution in [3.05, 3.63) is 34.6 Å². The third-order valence-corrected chi connectivity index (χ3v) is 6.32. The average Bonchev–Trinajstić information content (AvgIpc) is 2.51. The standard InChI is InChI=1S/C14H21ClFN3O2S/c1-18(10-12-13(15)4-3-5-14(12)16)22(20,21)19(2)11-6-8-17-9-7-11/h3-5,11,17H,6-10H2,1-2H3. The molecule has 0 amide bonds. The van der Waals surface area contributed by atoms with E-state index in [-0.39, 0.29) is 23.2 Å². The Labute approximate surface area is 136 Å². The van der Waals surface area contributed by atoms with Gasteiger partial charge in [0.1, 0.15) is 5.82 Å². The summed E-state index contributed by atoms with van der Waals surface area (Å²) in [4.78, 5) is 0. The smallest absolute Gasteiger partial charge is 0.282 e. The Morgan fingerprint density at radius 3 is 2.55 bits per heavy atom. The summed E-state index contributed by atoms with van der Waals surface area (Å²) in [5.74, 6) is -0.501. The van der Waals surface area contributed by atoms with Crippen LogP contribution in [0.25, 0.3) is 0 Å². The summed E-state index contributed by atoms with van der Waals surface area (Å²) in [6.07, 6.45) is 1.54. The zero-order chi connectivity index (χ0) is 16.3. The summed E-state index contributed by atoms with van der Waals surface area (Å²) >= 11 is 5.97. The minimum Gasteiger partial charge on any atom is -0.317 e. The fourth-order valence-electron chi connectivity index (χ4n) is 2.57. The number of nitrogens with zero attached hydrogens (tertiary/aromatic N) is 2. The minimum absolute atomic E-state index is 0.0372. The number of nitrogens with one attached hydrogen (secondary N) is 1. The third kappa shape index (κ3) is 3.78. The normalized spacial score (nSPS) is 17.4. The first kappa shape index (κ1) is 17.6.